The number of likely N-dealkylation sites (tertiary alicyclic amines) is 1. The molecule has 184 valence electrons. The number of hydrogen-bond donors (Lipinski definition) is 1. The van der Waals surface area contributed by atoms with E-state index in [4.69, 9.17) is 11.6 Å². The molecule has 1 saturated heterocycles. The molecule has 0 saturated carbocycles. The molecule has 3 heterocycles. The second-order valence-corrected chi connectivity index (χ2v) is 9.87. The smallest absolute Gasteiger partial charge is 0.369 e. The van der Waals surface area contributed by atoms with Crippen LogP contribution < -0.4 is 5.32 Å². The van der Waals surface area contributed by atoms with Crippen molar-refractivity contribution in [2.75, 3.05) is 25.0 Å². The van der Waals surface area contributed by atoms with Crippen molar-refractivity contribution in [2.24, 2.45) is 5.92 Å². The third kappa shape index (κ3) is 6.31. The molecular weight excluding hydrogens is 502 g/mol. The molecule has 0 spiro atoms. The molecule has 2 aromatic heterocycles. The van der Waals surface area contributed by atoms with Crippen LogP contribution in [0.15, 0.2) is 30.6 Å². The lowest BCUT2D eigenvalue weighted by atomic mass is 9.96. The van der Waals surface area contributed by atoms with E-state index >= 15 is 0 Å². The number of fused-ring (bicyclic) bond motifs is 1. The monoisotopic (exact) mass is 522 g/mol. The second-order valence-electron chi connectivity index (χ2n) is 8.35. The van der Waals surface area contributed by atoms with Gasteiger partial charge in [0.2, 0.25) is 0 Å². The molecule has 0 amide bonds. The Kier molecular flexibility index (Phi) is 7.25. The first kappa shape index (κ1) is 25.0. The normalized spacial score (nSPS) is 16.3. The second kappa shape index (κ2) is 9.87. The number of anilines is 1. The number of thiophene rings is 1. The zero-order valence-corrected chi connectivity index (χ0v) is 19.4. The molecule has 4 rings (SSSR count). The van der Waals surface area contributed by atoms with Crippen LogP contribution in [0.3, 0.4) is 0 Å². The summed E-state index contributed by atoms with van der Waals surface area (Å²) in [6.07, 6.45) is -6.62. The summed E-state index contributed by atoms with van der Waals surface area (Å²) in [4.78, 5) is 11.1. The third-order valence-electron chi connectivity index (χ3n) is 5.79. The van der Waals surface area contributed by atoms with Crippen molar-refractivity contribution in [3.8, 4) is 0 Å². The van der Waals surface area contributed by atoms with Gasteiger partial charge in [-0.05, 0) is 55.6 Å². The van der Waals surface area contributed by atoms with Gasteiger partial charge in [-0.25, -0.2) is 9.97 Å². The van der Waals surface area contributed by atoms with Gasteiger partial charge in [0, 0.05) is 23.0 Å². The van der Waals surface area contributed by atoms with Gasteiger partial charge in [-0.2, -0.15) is 26.3 Å². The molecule has 1 fully saturated rings. The van der Waals surface area contributed by atoms with E-state index < -0.39 is 24.3 Å². The standard InChI is InChI=1S/C22H21ClF6N4S/c23-18-7-15(22(27,28)29)2-1-14(18)11-33-5-3-13(4-6-33)10-30-19-17-8-16(9-21(24,25)26)34-20(17)32-12-31-19/h1-2,7-8,12-13H,3-6,9-11H2,(H,30,31,32). The van der Waals surface area contributed by atoms with E-state index in [0.29, 0.717) is 40.6 Å². The summed E-state index contributed by atoms with van der Waals surface area (Å²) in [5, 5.41) is 3.94. The highest BCUT2D eigenvalue weighted by Crippen LogP contribution is 2.34. The SMILES string of the molecule is FC(F)(F)Cc1cc2c(NCC3CCN(Cc4ccc(C(F)(F)F)cc4Cl)CC3)ncnc2s1. The number of alkyl halides is 6. The average Bonchev–Trinajstić information content (AvgIpc) is 3.15. The van der Waals surface area contributed by atoms with Crippen LogP contribution in [0, 0.1) is 5.92 Å². The first-order chi connectivity index (χ1) is 16.0. The number of benzene rings is 1. The molecule has 4 nitrogen and oxygen atoms in total. The summed E-state index contributed by atoms with van der Waals surface area (Å²) in [5.74, 6) is 0.853. The van der Waals surface area contributed by atoms with E-state index in [0.717, 1.165) is 49.4 Å². The Balaban J connectivity index is 1.31. The van der Waals surface area contributed by atoms with Crippen LogP contribution in [0.25, 0.3) is 10.2 Å². The minimum Gasteiger partial charge on any atom is -0.369 e. The highest BCUT2D eigenvalue weighted by atomic mass is 35.5. The Labute approximate surface area is 200 Å². The topological polar surface area (TPSA) is 41.0 Å². The third-order valence-corrected chi connectivity index (χ3v) is 7.19. The Morgan fingerprint density at radius 2 is 1.79 bits per heavy atom. The minimum atomic E-state index is -4.42. The van der Waals surface area contributed by atoms with Crippen LogP contribution >= 0.6 is 22.9 Å². The van der Waals surface area contributed by atoms with Crippen LogP contribution in [0.4, 0.5) is 32.2 Å². The summed E-state index contributed by atoms with van der Waals surface area (Å²) in [6, 6.07) is 4.92. The van der Waals surface area contributed by atoms with Crippen LogP contribution in [-0.4, -0.2) is 40.7 Å². The molecule has 1 aliphatic heterocycles. The van der Waals surface area contributed by atoms with Gasteiger partial charge in [0.1, 0.15) is 17.0 Å². The highest BCUT2D eigenvalue weighted by Gasteiger charge is 2.31. The molecule has 1 N–H and O–H groups in total. The molecule has 3 aromatic rings. The molecule has 12 heteroatoms. The predicted molar refractivity (Wildman–Crippen MR) is 120 cm³/mol. The van der Waals surface area contributed by atoms with Gasteiger partial charge in [-0.1, -0.05) is 17.7 Å². The van der Waals surface area contributed by atoms with Gasteiger partial charge >= 0.3 is 12.4 Å². The number of halogens is 7. The molecule has 1 aromatic carbocycles. The zero-order chi connectivity index (χ0) is 24.5. The first-order valence-electron chi connectivity index (χ1n) is 10.6. The molecule has 0 bridgehead atoms. The summed E-state index contributed by atoms with van der Waals surface area (Å²) < 4.78 is 76.6. The van der Waals surface area contributed by atoms with Crippen molar-refractivity contribution < 1.29 is 26.3 Å². The molecule has 0 radical (unpaired) electrons. The van der Waals surface area contributed by atoms with Gasteiger partial charge in [0.15, 0.2) is 0 Å². The van der Waals surface area contributed by atoms with Crippen molar-refractivity contribution >= 4 is 39.0 Å². The maximum atomic E-state index is 12.8. The van der Waals surface area contributed by atoms with Crippen molar-refractivity contribution in [2.45, 2.75) is 38.2 Å². The summed E-state index contributed by atoms with van der Waals surface area (Å²) in [7, 11) is 0. The highest BCUT2D eigenvalue weighted by molar-refractivity contribution is 7.18. The van der Waals surface area contributed by atoms with Gasteiger partial charge in [-0.3, -0.25) is 4.90 Å². The summed E-state index contributed by atoms with van der Waals surface area (Å²) in [6.45, 7) is 2.61. The van der Waals surface area contributed by atoms with Crippen LogP contribution in [-0.2, 0) is 19.1 Å². The van der Waals surface area contributed by atoms with E-state index in [-0.39, 0.29) is 9.90 Å². The molecule has 0 atom stereocenters. The Morgan fingerprint density at radius 1 is 1.06 bits per heavy atom. The van der Waals surface area contributed by atoms with E-state index in [9.17, 15) is 26.3 Å². The fourth-order valence-electron chi connectivity index (χ4n) is 4.01. The van der Waals surface area contributed by atoms with Crippen LogP contribution in [0.1, 0.15) is 28.8 Å². The lowest BCUT2D eigenvalue weighted by molar-refractivity contribution is -0.137. The molecular formula is C22H21ClF6N4S. The number of aromatic nitrogens is 2. The lowest BCUT2D eigenvalue weighted by Crippen LogP contribution is -2.35. The van der Waals surface area contributed by atoms with E-state index in [1.165, 1.54) is 18.5 Å². The average molecular weight is 523 g/mol. The van der Waals surface area contributed by atoms with Crippen molar-refractivity contribution in [3.63, 3.8) is 0 Å². The van der Waals surface area contributed by atoms with E-state index in [1.54, 1.807) is 0 Å². The van der Waals surface area contributed by atoms with Crippen molar-refractivity contribution in [1.29, 1.82) is 0 Å². The van der Waals surface area contributed by atoms with Crippen LogP contribution in [0.5, 0.6) is 0 Å². The van der Waals surface area contributed by atoms with Gasteiger partial charge in [-0.15, -0.1) is 11.3 Å². The molecule has 0 unspecified atom stereocenters. The Hall–Kier alpha value is -2.11. The number of hydrogen-bond acceptors (Lipinski definition) is 5. The number of piperidine rings is 1. The molecule has 1 aliphatic rings. The summed E-state index contributed by atoms with van der Waals surface area (Å²) >= 11 is 7.09. The largest absolute Gasteiger partial charge is 0.416 e. The van der Waals surface area contributed by atoms with Gasteiger partial charge in [0.25, 0.3) is 0 Å². The fraction of sp³-hybridized carbons (Fsp3) is 0.455. The number of nitrogens with one attached hydrogen (secondary N) is 1. The quantitative estimate of drug-likeness (QED) is 0.362. The number of rotatable bonds is 6. The fourth-order valence-corrected chi connectivity index (χ4v) is 5.28. The minimum absolute atomic E-state index is 0.104. The first-order valence-corrected chi connectivity index (χ1v) is 11.8. The maximum absolute atomic E-state index is 12.8. The molecule has 0 aliphatic carbocycles. The van der Waals surface area contributed by atoms with Gasteiger partial charge < -0.3 is 5.32 Å². The van der Waals surface area contributed by atoms with Crippen LogP contribution in [0.2, 0.25) is 5.02 Å². The van der Waals surface area contributed by atoms with E-state index in [2.05, 4.69) is 20.2 Å². The van der Waals surface area contributed by atoms with Crippen molar-refractivity contribution in [3.05, 3.63) is 51.6 Å². The Bertz CT molecular complexity index is 1140. The number of nitrogens with zero attached hydrogens (tertiary/aromatic N) is 3. The zero-order valence-electron chi connectivity index (χ0n) is 17.8. The lowest BCUT2D eigenvalue weighted by Gasteiger charge is -2.32. The predicted octanol–water partition coefficient (Wildman–Crippen LogP) is 6.79. The van der Waals surface area contributed by atoms with Gasteiger partial charge in [0.05, 0.1) is 17.4 Å². The van der Waals surface area contributed by atoms with E-state index in [1.807, 2.05) is 0 Å². The summed E-state index contributed by atoms with van der Waals surface area (Å²) in [5.41, 5.74) is -0.109. The molecule has 34 heavy (non-hydrogen) atoms. The maximum Gasteiger partial charge on any atom is 0.416 e. The van der Waals surface area contributed by atoms with Crippen molar-refractivity contribution in [1.82, 2.24) is 14.9 Å². The Morgan fingerprint density at radius 3 is 2.44 bits per heavy atom.